The molecular formula is C17H13FN2O3S. The van der Waals surface area contributed by atoms with Crippen LogP contribution in [0.1, 0.15) is 5.56 Å². The largest absolute Gasteiger partial charge is 0.454 e. The molecule has 0 radical (unpaired) electrons. The number of amides is 1. The van der Waals surface area contributed by atoms with Gasteiger partial charge in [0.05, 0.1) is 18.0 Å². The van der Waals surface area contributed by atoms with E-state index in [0.29, 0.717) is 34.7 Å². The van der Waals surface area contributed by atoms with E-state index in [4.69, 9.17) is 9.47 Å². The van der Waals surface area contributed by atoms with Gasteiger partial charge in [0.25, 0.3) is 0 Å². The summed E-state index contributed by atoms with van der Waals surface area (Å²) in [5, 5.41) is 0.615. The summed E-state index contributed by atoms with van der Waals surface area (Å²) in [5.74, 6) is 1.43. The molecule has 2 heterocycles. The van der Waals surface area contributed by atoms with Crippen molar-refractivity contribution in [2.45, 2.75) is 6.54 Å². The Balaban J connectivity index is 1.58. The third kappa shape index (κ3) is 2.94. The number of halogens is 1. The molecule has 1 amide bonds. The van der Waals surface area contributed by atoms with Gasteiger partial charge in [-0.15, -0.1) is 0 Å². The maximum absolute atomic E-state index is 13.0. The molecule has 0 aliphatic carbocycles. The number of carbonyl (C=O) groups is 1. The Morgan fingerprint density at radius 1 is 1.12 bits per heavy atom. The lowest BCUT2D eigenvalue weighted by Gasteiger charge is -2.16. The zero-order chi connectivity index (χ0) is 16.5. The molecule has 0 bridgehead atoms. The predicted octanol–water partition coefficient (Wildman–Crippen LogP) is 3.32. The van der Waals surface area contributed by atoms with E-state index < -0.39 is 0 Å². The Kier molecular flexibility index (Phi) is 3.86. The lowest BCUT2D eigenvalue weighted by molar-refractivity contribution is -0.124. The van der Waals surface area contributed by atoms with E-state index in [2.05, 4.69) is 4.99 Å². The van der Waals surface area contributed by atoms with Gasteiger partial charge in [-0.05, 0) is 42.0 Å². The fraction of sp³-hybridized carbons (Fsp3) is 0.176. The highest BCUT2D eigenvalue weighted by Crippen LogP contribution is 2.33. The van der Waals surface area contributed by atoms with Crippen LogP contribution in [0.5, 0.6) is 11.5 Å². The van der Waals surface area contributed by atoms with Crippen LogP contribution in [0.2, 0.25) is 0 Å². The second-order valence-electron chi connectivity index (χ2n) is 5.33. The van der Waals surface area contributed by atoms with Crippen molar-refractivity contribution < 1.29 is 18.7 Å². The highest BCUT2D eigenvalue weighted by Gasteiger charge is 2.28. The van der Waals surface area contributed by atoms with Crippen LogP contribution in [0.3, 0.4) is 0 Å². The van der Waals surface area contributed by atoms with Crippen LogP contribution in [-0.2, 0) is 11.3 Å². The maximum Gasteiger partial charge on any atom is 0.239 e. The molecule has 0 saturated carbocycles. The number of ether oxygens (including phenoxy) is 2. The second-order valence-corrected chi connectivity index (χ2v) is 6.27. The van der Waals surface area contributed by atoms with Gasteiger partial charge in [0, 0.05) is 0 Å². The van der Waals surface area contributed by atoms with Crippen LogP contribution < -0.4 is 9.47 Å². The maximum atomic E-state index is 13.0. The quantitative estimate of drug-likeness (QED) is 0.857. The van der Waals surface area contributed by atoms with E-state index in [1.165, 1.54) is 23.9 Å². The Bertz CT molecular complexity index is 823. The molecule has 0 unspecified atom stereocenters. The summed E-state index contributed by atoms with van der Waals surface area (Å²) in [7, 11) is 0. The van der Waals surface area contributed by atoms with Crippen molar-refractivity contribution in [1.29, 1.82) is 0 Å². The number of benzene rings is 2. The number of aliphatic imine (C=N–C) groups is 1. The van der Waals surface area contributed by atoms with Crippen LogP contribution in [0.4, 0.5) is 10.1 Å². The average molecular weight is 344 g/mol. The molecule has 2 aromatic carbocycles. The molecule has 0 atom stereocenters. The molecule has 1 fully saturated rings. The zero-order valence-electron chi connectivity index (χ0n) is 12.6. The van der Waals surface area contributed by atoms with Crippen molar-refractivity contribution in [3.63, 3.8) is 0 Å². The van der Waals surface area contributed by atoms with E-state index in [0.717, 1.165) is 5.56 Å². The molecule has 2 aliphatic heterocycles. The highest BCUT2D eigenvalue weighted by molar-refractivity contribution is 8.15. The van der Waals surface area contributed by atoms with Crippen molar-refractivity contribution in [3.05, 3.63) is 53.8 Å². The molecule has 7 heteroatoms. The summed E-state index contributed by atoms with van der Waals surface area (Å²) in [5.41, 5.74) is 1.55. The van der Waals surface area contributed by atoms with E-state index >= 15 is 0 Å². The number of rotatable bonds is 3. The fourth-order valence-electron chi connectivity index (χ4n) is 2.49. The molecule has 24 heavy (non-hydrogen) atoms. The smallest absolute Gasteiger partial charge is 0.239 e. The molecule has 2 aromatic rings. The number of hydrogen-bond acceptors (Lipinski definition) is 5. The monoisotopic (exact) mass is 344 g/mol. The molecule has 0 aromatic heterocycles. The Hall–Kier alpha value is -2.54. The lowest BCUT2D eigenvalue weighted by atomic mass is 10.2. The average Bonchev–Trinajstić information content (AvgIpc) is 3.18. The number of fused-ring (bicyclic) bond motifs is 1. The normalized spacial score (nSPS) is 17.8. The zero-order valence-corrected chi connectivity index (χ0v) is 13.4. The van der Waals surface area contributed by atoms with E-state index in [1.54, 1.807) is 17.0 Å². The molecule has 1 saturated heterocycles. The first kappa shape index (κ1) is 15.0. The predicted molar refractivity (Wildman–Crippen MR) is 89.1 cm³/mol. The fourth-order valence-corrected chi connectivity index (χ4v) is 3.39. The number of amidine groups is 1. The van der Waals surface area contributed by atoms with Crippen LogP contribution in [-0.4, -0.2) is 28.5 Å². The van der Waals surface area contributed by atoms with Gasteiger partial charge in [-0.1, -0.05) is 17.8 Å². The summed E-state index contributed by atoms with van der Waals surface area (Å²) in [6, 6.07) is 11.5. The van der Waals surface area contributed by atoms with Crippen molar-refractivity contribution in [1.82, 2.24) is 4.90 Å². The molecule has 122 valence electrons. The third-order valence-electron chi connectivity index (χ3n) is 3.69. The summed E-state index contributed by atoms with van der Waals surface area (Å²) in [6.07, 6.45) is 0. The van der Waals surface area contributed by atoms with Crippen LogP contribution in [0, 0.1) is 5.82 Å². The Morgan fingerprint density at radius 2 is 1.92 bits per heavy atom. The first-order valence-electron chi connectivity index (χ1n) is 7.35. The SMILES string of the molecule is O=C1CSC(=Nc2ccc(F)cc2)N1Cc1ccc2c(c1)OCO2. The summed E-state index contributed by atoms with van der Waals surface area (Å²) in [4.78, 5) is 18.3. The van der Waals surface area contributed by atoms with Crippen LogP contribution in [0.15, 0.2) is 47.5 Å². The van der Waals surface area contributed by atoms with Gasteiger partial charge in [-0.2, -0.15) is 0 Å². The van der Waals surface area contributed by atoms with Crippen molar-refractivity contribution in [2.75, 3.05) is 12.5 Å². The standard InChI is InChI=1S/C17H13FN2O3S/c18-12-2-4-13(5-3-12)19-17-20(16(21)9-24-17)8-11-1-6-14-15(7-11)23-10-22-14/h1-7H,8-10H2. The van der Waals surface area contributed by atoms with Crippen molar-refractivity contribution in [3.8, 4) is 11.5 Å². The minimum Gasteiger partial charge on any atom is -0.454 e. The third-order valence-corrected chi connectivity index (χ3v) is 4.65. The number of nitrogens with zero attached hydrogens (tertiary/aromatic N) is 2. The minimum absolute atomic E-state index is 0.00136. The van der Waals surface area contributed by atoms with Crippen molar-refractivity contribution in [2.24, 2.45) is 4.99 Å². The number of carbonyl (C=O) groups excluding carboxylic acids is 1. The summed E-state index contributed by atoms with van der Waals surface area (Å²) >= 11 is 1.38. The number of hydrogen-bond donors (Lipinski definition) is 0. The van der Waals surface area contributed by atoms with Gasteiger partial charge in [0.15, 0.2) is 16.7 Å². The van der Waals surface area contributed by atoms with Gasteiger partial charge in [0.1, 0.15) is 5.82 Å². The van der Waals surface area contributed by atoms with E-state index in [9.17, 15) is 9.18 Å². The second kappa shape index (κ2) is 6.16. The molecule has 0 N–H and O–H groups in total. The van der Waals surface area contributed by atoms with Crippen LogP contribution in [0.25, 0.3) is 0 Å². The first-order valence-corrected chi connectivity index (χ1v) is 8.33. The van der Waals surface area contributed by atoms with Gasteiger partial charge in [-0.25, -0.2) is 9.38 Å². The van der Waals surface area contributed by atoms with Crippen molar-refractivity contribution >= 4 is 28.5 Å². The topological polar surface area (TPSA) is 51.1 Å². The lowest BCUT2D eigenvalue weighted by Crippen LogP contribution is -2.28. The minimum atomic E-state index is -0.314. The molecule has 2 aliphatic rings. The molecule has 5 nitrogen and oxygen atoms in total. The van der Waals surface area contributed by atoms with Crippen LogP contribution >= 0.6 is 11.8 Å². The highest BCUT2D eigenvalue weighted by atomic mass is 32.2. The van der Waals surface area contributed by atoms with E-state index in [-0.39, 0.29) is 18.5 Å². The summed E-state index contributed by atoms with van der Waals surface area (Å²) in [6.45, 7) is 0.622. The Morgan fingerprint density at radius 3 is 2.75 bits per heavy atom. The molecule has 4 rings (SSSR count). The van der Waals surface area contributed by atoms with Gasteiger partial charge in [-0.3, -0.25) is 9.69 Å². The van der Waals surface area contributed by atoms with Gasteiger partial charge in [0.2, 0.25) is 12.7 Å². The molecule has 0 spiro atoms. The Labute approximate surface area is 142 Å². The molecular weight excluding hydrogens is 331 g/mol. The number of thioether (sulfide) groups is 1. The van der Waals surface area contributed by atoms with E-state index in [1.807, 2.05) is 18.2 Å². The van der Waals surface area contributed by atoms with Gasteiger partial charge >= 0.3 is 0 Å². The summed E-state index contributed by atoms with van der Waals surface area (Å²) < 4.78 is 23.7. The first-order chi connectivity index (χ1) is 11.7. The van der Waals surface area contributed by atoms with Gasteiger partial charge < -0.3 is 9.47 Å².